The highest BCUT2D eigenvalue weighted by Crippen LogP contribution is 2.29. The lowest BCUT2D eigenvalue weighted by molar-refractivity contribution is 0.0845. The minimum Gasteiger partial charge on any atom is -0.386 e. The maximum absolute atomic E-state index is 9.59. The van der Waals surface area contributed by atoms with Crippen molar-refractivity contribution >= 4 is 0 Å². The maximum Gasteiger partial charge on any atom is 0.0800 e. The number of allylic oxidation sites excluding steroid dienone is 1. The molecule has 0 saturated carbocycles. The quantitative estimate of drug-likeness (QED) is 0.575. The van der Waals surface area contributed by atoms with Crippen molar-refractivity contribution in [2.75, 3.05) is 0 Å². The van der Waals surface area contributed by atoms with Crippen molar-refractivity contribution in [2.45, 2.75) is 39.2 Å². The minimum atomic E-state index is -0.536. The lowest BCUT2D eigenvalue weighted by atomic mass is 9.81. The van der Waals surface area contributed by atoms with E-state index >= 15 is 0 Å². The van der Waals surface area contributed by atoms with Crippen LogP contribution in [0.4, 0.5) is 0 Å². The highest BCUT2D eigenvalue weighted by Gasteiger charge is 2.24. The third-order valence-corrected chi connectivity index (χ3v) is 2.54. The first-order chi connectivity index (χ1) is 5.01. The Kier molecular flexibility index (Phi) is 2.38. The molecule has 1 aliphatic rings. The monoisotopic (exact) mass is 154 g/mol. The van der Waals surface area contributed by atoms with E-state index in [0.29, 0.717) is 11.8 Å². The van der Waals surface area contributed by atoms with E-state index in [2.05, 4.69) is 19.9 Å². The SMILES string of the molecule is CC(C)[C@@H]1C=C[C@@](C)(O)CC1. The molecule has 1 aliphatic carbocycles. The van der Waals surface area contributed by atoms with Crippen LogP contribution < -0.4 is 0 Å². The van der Waals surface area contributed by atoms with Gasteiger partial charge in [0.15, 0.2) is 0 Å². The van der Waals surface area contributed by atoms with Crippen LogP contribution in [0.2, 0.25) is 0 Å². The summed E-state index contributed by atoms with van der Waals surface area (Å²) in [5, 5.41) is 9.59. The Morgan fingerprint density at radius 2 is 2.18 bits per heavy atom. The molecule has 0 aromatic carbocycles. The van der Waals surface area contributed by atoms with E-state index in [9.17, 15) is 5.11 Å². The van der Waals surface area contributed by atoms with Gasteiger partial charge in [-0.05, 0) is 31.6 Å². The second-order valence-corrected chi connectivity index (χ2v) is 4.16. The molecule has 2 atom stereocenters. The van der Waals surface area contributed by atoms with E-state index in [-0.39, 0.29) is 0 Å². The highest BCUT2D eigenvalue weighted by atomic mass is 16.3. The molecule has 0 spiro atoms. The lowest BCUT2D eigenvalue weighted by Gasteiger charge is -2.29. The van der Waals surface area contributed by atoms with Gasteiger partial charge in [-0.1, -0.05) is 26.0 Å². The molecule has 0 amide bonds. The van der Waals surface area contributed by atoms with Crippen molar-refractivity contribution in [2.24, 2.45) is 11.8 Å². The van der Waals surface area contributed by atoms with Gasteiger partial charge in [-0.3, -0.25) is 0 Å². The molecule has 1 nitrogen and oxygen atoms in total. The third-order valence-electron chi connectivity index (χ3n) is 2.54. The fourth-order valence-corrected chi connectivity index (χ4v) is 1.52. The number of aliphatic hydroxyl groups is 1. The van der Waals surface area contributed by atoms with Gasteiger partial charge in [0.05, 0.1) is 5.60 Å². The van der Waals surface area contributed by atoms with Crippen LogP contribution in [0.3, 0.4) is 0 Å². The van der Waals surface area contributed by atoms with E-state index in [0.717, 1.165) is 12.8 Å². The molecule has 0 fully saturated rings. The van der Waals surface area contributed by atoms with Gasteiger partial charge in [0.25, 0.3) is 0 Å². The Bertz CT molecular complexity index is 156. The molecule has 0 unspecified atom stereocenters. The summed E-state index contributed by atoms with van der Waals surface area (Å²) in [4.78, 5) is 0. The molecule has 0 aromatic heterocycles. The molecule has 1 rings (SSSR count). The smallest absolute Gasteiger partial charge is 0.0800 e. The lowest BCUT2D eigenvalue weighted by Crippen LogP contribution is -2.26. The third kappa shape index (κ3) is 2.33. The number of hydrogen-bond donors (Lipinski definition) is 1. The summed E-state index contributed by atoms with van der Waals surface area (Å²) in [5.41, 5.74) is -0.536. The number of rotatable bonds is 1. The van der Waals surface area contributed by atoms with Gasteiger partial charge in [-0.15, -0.1) is 0 Å². The van der Waals surface area contributed by atoms with Crippen LogP contribution in [-0.4, -0.2) is 10.7 Å². The van der Waals surface area contributed by atoms with Crippen molar-refractivity contribution in [3.05, 3.63) is 12.2 Å². The standard InChI is InChI=1S/C10H18O/c1-8(2)9-4-6-10(3,11)7-5-9/h4,6,8-9,11H,5,7H2,1-3H3/t9-,10-/m1/s1. The average molecular weight is 154 g/mol. The fraction of sp³-hybridized carbons (Fsp3) is 0.800. The van der Waals surface area contributed by atoms with Crippen molar-refractivity contribution < 1.29 is 5.11 Å². The van der Waals surface area contributed by atoms with Gasteiger partial charge in [0, 0.05) is 0 Å². The molecule has 0 radical (unpaired) electrons. The zero-order chi connectivity index (χ0) is 8.48. The predicted molar refractivity (Wildman–Crippen MR) is 47.3 cm³/mol. The van der Waals surface area contributed by atoms with E-state index in [1.54, 1.807) is 0 Å². The highest BCUT2D eigenvalue weighted by molar-refractivity contribution is 5.06. The molecular weight excluding hydrogens is 136 g/mol. The second-order valence-electron chi connectivity index (χ2n) is 4.16. The second kappa shape index (κ2) is 2.98. The van der Waals surface area contributed by atoms with Gasteiger partial charge in [0.2, 0.25) is 0 Å². The van der Waals surface area contributed by atoms with Crippen molar-refractivity contribution in [1.82, 2.24) is 0 Å². The Morgan fingerprint density at radius 3 is 2.55 bits per heavy atom. The zero-order valence-corrected chi connectivity index (χ0v) is 7.67. The van der Waals surface area contributed by atoms with E-state index < -0.39 is 5.60 Å². The van der Waals surface area contributed by atoms with Crippen molar-refractivity contribution in [1.29, 1.82) is 0 Å². The molecule has 0 saturated heterocycles. The molecule has 1 heteroatoms. The van der Waals surface area contributed by atoms with Crippen LogP contribution in [-0.2, 0) is 0 Å². The molecule has 0 aliphatic heterocycles. The zero-order valence-electron chi connectivity index (χ0n) is 7.67. The molecule has 0 aromatic rings. The maximum atomic E-state index is 9.59. The molecular formula is C10H18O. The van der Waals surface area contributed by atoms with Gasteiger partial charge >= 0.3 is 0 Å². The normalized spacial score (nSPS) is 38.1. The summed E-state index contributed by atoms with van der Waals surface area (Å²) in [6.45, 7) is 6.34. The Labute approximate surface area is 69.1 Å². The Morgan fingerprint density at radius 1 is 1.55 bits per heavy atom. The van der Waals surface area contributed by atoms with E-state index in [1.165, 1.54) is 0 Å². The first-order valence-electron chi connectivity index (χ1n) is 4.43. The van der Waals surface area contributed by atoms with Gasteiger partial charge in [-0.25, -0.2) is 0 Å². The molecule has 1 N–H and O–H groups in total. The van der Waals surface area contributed by atoms with Gasteiger partial charge in [0.1, 0.15) is 0 Å². The Balaban J connectivity index is 2.56. The average Bonchev–Trinajstić information content (AvgIpc) is 1.86. The molecule has 0 bridgehead atoms. The van der Waals surface area contributed by atoms with Crippen LogP contribution in [0.25, 0.3) is 0 Å². The van der Waals surface area contributed by atoms with Crippen molar-refractivity contribution in [3.8, 4) is 0 Å². The summed E-state index contributed by atoms with van der Waals surface area (Å²) in [5.74, 6) is 1.39. The van der Waals surface area contributed by atoms with Crippen molar-refractivity contribution in [3.63, 3.8) is 0 Å². The summed E-state index contributed by atoms with van der Waals surface area (Å²) >= 11 is 0. The van der Waals surface area contributed by atoms with Gasteiger partial charge in [-0.2, -0.15) is 0 Å². The van der Waals surface area contributed by atoms with Crippen LogP contribution in [0, 0.1) is 11.8 Å². The number of hydrogen-bond acceptors (Lipinski definition) is 1. The first-order valence-corrected chi connectivity index (χ1v) is 4.43. The van der Waals surface area contributed by atoms with E-state index in [1.807, 2.05) is 13.0 Å². The molecule has 64 valence electrons. The largest absolute Gasteiger partial charge is 0.386 e. The van der Waals surface area contributed by atoms with Crippen LogP contribution in [0.1, 0.15) is 33.6 Å². The summed E-state index contributed by atoms with van der Waals surface area (Å²) in [6, 6.07) is 0. The molecule has 0 heterocycles. The topological polar surface area (TPSA) is 20.2 Å². The predicted octanol–water partition coefficient (Wildman–Crippen LogP) is 2.36. The Hall–Kier alpha value is -0.300. The summed E-state index contributed by atoms with van der Waals surface area (Å²) < 4.78 is 0. The first kappa shape index (κ1) is 8.79. The summed E-state index contributed by atoms with van der Waals surface area (Å²) in [6.07, 6.45) is 6.14. The van der Waals surface area contributed by atoms with Crippen LogP contribution in [0.5, 0.6) is 0 Å². The van der Waals surface area contributed by atoms with Crippen LogP contribution >= 0.6 is 0 Å². The minimum absolute atomic E-state index is 0.536. The van der Waals surface area contributed by atoms with Gasteiger partial charge < -0.3 is 5.11 Å². The molecule has 11 heavy (non-hydrogen) atoms. The fourth-order valence-electron chi connectivity index (χ4n) is 1.52. The van der Waals surface area contributed by atoms with Crippen LogP contribution in [0.15, 0.2) is 12.2 Å². The summed E-state index contributed by atoms with van der Waals surface area (Å²) in [7, 11) is 0. The van der Waals surface area contributed by atoms with E-state index in [4.69, 9.17) is 0 Å².